The number of thiazole rings is 3. The van der Waals surface area contributed by atoms with Crippen LogP contribution in [0.2, 0.25) is 0 Å². The van der Waals surface area contributed by atoms with E-state index in [1.165, 1.54) is 22.9 Å². The average molecular weight is 428 g/mol. The molecule has 4 rings (SSSR count). The van der Waals surface area contributed by atoms with E-state index in [1.54, 1.807) is 11.6 Å². The summed E-state index contributed by atoms with van der Waals surface area (Å²) in [6.45, 7) is 0. The number of anilines is 2. The molecule has 3 aromatic rings. The predicted molar refractivity (Wildman–Crippen MR) is 97.6 cm³/mol. The minimum atomic E-state index is -4.63. The van der Waals surface area contributed by atoms with Gasteiger partial charge in [0.15, 0.2) is 10.3 Å². The molecule has 0 amide bonds. The molecule has 6 nitrogen and oxygen atoms in total. The molecule has 0 radical (unpaired) electrons. The standard InChI is InChI=1S/C15H7F3N4O2S3/c16-15(17,18)7-3-6(10(23)9-11(7)26-5-20-9)4-8-12(24)21-14(27-8)22-13-19-1-2-25-13/h1-5,24H,(H,19,21,22)/b6-4+. The lowest BCUT2D eigenvalue weighted by Gasteiger charge is -2.16. The van der Waals surface area contributed by atoms with Crippen molar-refractivity contribution in [3.63, 3.8) is 0 Å². The van der Waals surface area contributed by atoms with E-state index < -0.39 is 23.4 Å². The van der Waals surface area contributed by atoms with Crippen LogP contribution in [0, 0.1) is 0 Å². The fourth-order valence-electron chi connectivity index (χ4n) is 2.33. The zero-order valence-electron chi connectivity index (χ0n) is 12.9. The van der Waals surface area contributed by atoms with Gasteiger partial charge >= 0.3 is 6.18 Å². The Morgan fingerprint density at radius 2 is 2.00 bits per heavy atom. The van der Waals surface area contributed by atoms with E-state index in [9.17, 15) is 23.1 Å². The predicted octanol–water partition coefficient (Wildman–Crippen LogP) is 4.73. The van der Waals surface area contributed by atoms with Crippen LogP contribution in [-0.2, 0) is 0 Å². The molecular formula is C15H7F3N4O2S3. The Labute approximate surface area is 161 Å². The molecule has 0 fully saturated rings. The van der Waals surface area contributed by atoms with E-state index in [-0.39, 0.29) is 21.0 Å². The Morgan fingerprint density at radius 3 is 2.70 bits per heavy atom. The third-order valence-corrected chi connectivity index (χ3v) is 5.92. The first-order valence-electron chi connectivity index (χ1n) is 7.18. The van der Waals surface area contributed by atoms with E-state index in [2.05, 4.69) is 20.3 Å². The zero-order chi connectivity index (χ0) is 19.2. The molecule has 0 saturated carbocycles. The second kappa shape index (κ2) is 6.55. The van der Waals surface area contributed by atoms with Crippen LogP contribution in [-0.4, -0.2) is 32.0 Å². The molecule has 0 aromatic carbocycles. The number of carbonyl (C=O) groups excluding carboxylic acids is 1. The number of allylic oxidation sites excluding steroid dienone is 3. The third kappa shape index (κ3) is 3.38. The first-order chi connectivity index (χ1) is 12.8. The van der Waals surface area contributed by atoms with Gasteiger partial charge in [-0.3, -0.25) is 4.79 Å². The molecule has 12 heteroatoms. The van der Waals surface area contributed by atoms with Crippen LogP contribution in [0.3, 0.4) is 0 Å². The first-order valence-corrected chi connectivity index (χ1v) is 9.76. The van der Waals surface area contributed by atoms with E-state index in [1.807, 2.05) is 0 Å². The maximum absolute atomic E-state index is 13.3. The lowest BCUT2D eigenvalue weighted by molar-refractivity contribution is -0.0688. The minimum Gasteiger partial charge on any atom is -0.492 e. The number of hydrogen-bond acceptors (Lipinski definition) is 9. The van der Waals surface area contributed by atoms with Gasteiger partial charge in [-0.1, -0.05) is 11.3 Å². The Kier molecular flexibility index (Phi) is 4.32. The molecule has 0 atom stereocenters. The molecule has 1 aliphatic carbocycles. The summed E-state index contributed by atoms with van der Waals surface area (Å²) in [5, 5.41) is 15.4. The van der Waals surface area contributed by atoms with Crippen molar-refractivity contribution in [2.75, 3.05) is 5.32 Å². The van der Waals surface area contributed by atoms with E-state index >= 15 is 0 Å². The number of aromatic hydroxyl groups is 1. The fourth-order valence-corrected chi connectivity index (χ4v) is 4.56. The summed E-state index contributed by atoms with van der Waals surface area (Å²) in [6, 6.07) is 0. The number of ketones is 1. The Hall–Kier alpha value is -2.57. The van der Waals surface area contributed by atoms with Gasteiger partial charge < -0.3 is 10.4 Å². The zero-order valence-corrected chi connectivity index (χ0v) is 15.4. The second-order valence-electron chi connectivity index (χ2n) is 5.18. The van der Waals surface area contributed by atoms with Crippen LogP contribution in [0.5, 0.6) is 5.88 Å². The summed E-state index contributed by atoms with van der Waals surface area (Å²) in [4.78, 5) is 24.1. The van der Waals surface area contributed by atoms with Crippen molar-refractivity contribution in [3.8, 4) is 5.88 Å². The number of hydrogen-bond donors (Lipinski definition) is 2. The number of nitrogens with zero attached hydrogens (tertiary/aromatic N) is 3. The van der Waals surface area contributed by atoms with Crippen LogP contribution >= 0.6 is 34.0 Å². The summed E-state index contributed by atoms with van der Waals surface area (Å²) < 4.78 is 40.0. The van der Waals surface area contributed by atoms with Crippen molar-refractivity contribution in [3.05, 3.63) is 44.2 Å². The van der Waals surface area contributed by atoms with Crippen molar-refractivity contribution >= 4 is 61.7 Å². The molecule has 0 bridgehead atoms. The summed E-state index contributed by atoms with van der Waals surface area (Å²) in [5.74, 6) is -1.04. The number of Topliss-reactive ketones (excluding diaryl/α,β-unsaturated/α-hetero) is 1. The first kappa shape index (κ1) is 17.8. The average Bonchev–Trinajstić information content (AvgIpc) is 3.31. The summed E-state index contributed by atoms with van der Waals surface area (Å²) in [6.07, 6.45) is -1.10. The van der Waals surface area contributed by atoms with Crippen molar-refractivity contribution in [1.29, 1.82) is 0 Å². The van der Waals surface area contributed by atoms with Crippen molar-refractivity contribution in [1.82, 2.24) is 15.0 Å². The van der Waals surface area contributed by atoms with Gasteiger partial charge in [0.2, 0.25) is 11.7 Å². The molecule has 138 valence electrons. The van der Waals surface area contributed by atoms with E-state index in [0.29, 0.717) is 10.3 Å². The van der Waals surface area contributed by atoms with Crippen molar-refractivity contribution < 1.29 is 23.1 Å². The summed E-state index contributed by atoms with van der Waals surface area (Å²) in [7, 11) is 0. The molecule has 3 heterocycles. The molecule has 0 saturated heterocycles. The number of fused-ring (bicyclic) bond motifs is 1. The molecule has 3 aromatic heterocycles. The largest absolute Gasteiger partial charge is 0.492 e. The molecule has 0 spiro atoms. The van der Waals surface area contributed by atoms with Crippen LogP contribution in [0.1, 0.15) is 20.2 Å². The summed E-state index contributed by atoms with van der Waals surface area (Å²) in [5.41, 5.74) is -0.201. The van der Waals surface area contributed by atoms with Gasteiger partial charge in [0.1, 0.15) is 5.69 Å². The molecule has 0 unspecified atom stereocenters. The number of nitrogens with one attached hydrogen (secondary N) is 1. The molecule has 27 heavy (non-hydrogen) atoms. The maximum Gasteiger partial charge on any atom is 0.417 e. The van der Waals surface area contributed by atoms with Crippen LogP contribution in [0.4, 0.5) is 23.4 Å². The normalized spacial score (nSPS) is 15.7. The topological polar surface area (TPSA) is 88.0 Å². The van der Waals surface area contributed by atoms with Gasteiger partial charge in [-0.05, 0) is 12.2 Å². The number of alkyl halides is 3. The highest BCUT2D eigenvalue weighted by Gasteiger charge is 2.41. The number of carbonyl (C=O) groups is 1. The quantitative estimate of drug-likeness (QED) is 0.587. The van der Waals surface area contributed by atoms with Crippen LogP contribution in [0.25, 0.3) is 11.6 Å². The van der Waals surface area contributed by atoms with Gasteiger partial charge in [0, 0.05) is 17.2 Å². The van der Waals surface area contributed by atoms with Crippen molar-refractivity contribution in [2.45, 2.75) is 6.18 Å². The number of halogens is 3. The number of aromatic nitrogens is 3. The second-order valence-corrected chi connectivity index (χ2v) is 7.96. The highest BCUT2D eigenvalue weighted by Crippen LogP contribution is 2.43. The fraction of sp³-hybridized carbons (Fsp3) is 0.0667. The monoisotopic (exact) mass is 428 g/mol. The van der Waals surface area contributed by atoms with Gasteiger partial charge in [-0.25, -0.2) is 9.97 Å². The van der Waals surface area contributed by atoms with Gasteiger partial charge in [-0.2, -0.15) is 18.2 Å². The molecular weight excluding hydrogens is 421 g/mol. The number of rotatable bonds is 3. The highest BCUT2D eigenvalue weighted by molar-refractivity contribution is 7.18. The lowest BCUT2D eigenvalue weighted by atomic mass is 9.95. The molecule has 2 N–H and O–H groups in total. The highest BCUT2D eigenvalue weighted by atomic mass is 32.1. The van der Waals surface area contributed by atoms with Gasteiger partial charge in [0.05, 0.1) is 20.8 Å². The molecule has 0 aliphatic heterocycles. The maximum atomic E-state index is 13.3. The van der Waals surface area contributed by atoms with E-state index in [4.69, 9.17) is 0 Å². The minimum absolute atomic E-state index is 0.147. The van der Waals surface area contributed by atoms with E-state index in [0.717, 1.165) is 28.7 Å². The lowest BCUT2D eigenvalue weighted by Crippen LogP contribution is -2.18. The Bertz CT molecular complexity index is 1080. The van der Waals surface area contributed by atoms with Gasteiger partial charge in [-0.15, -0.1) is 22.7 Å². The van der Waals surface area contributed by atoms with Gasteiger partial charge in [0.25, 0.3) is 0 Å². The SMILES string of the molecule is O=C1/C(=C/c2sc(Nc3nccs3)nc2O)C=C(C(F)(F)F)c2scnc21. The van der Waals surface area contributed by atoms with Crippen LogP contribution in [0.15, 0.2) is 28.7 Å². The Morgan fingerprint density at radius 1 is 1.19 bits per heavy atom. The smallest absolute Gasteiger partial charge is 0.417 e. The molecule has 1 aliphatic rings. The van der Waals surface area contributed by atoms with Crippen LogP contribution < -0.4 is 5.32 Å². The third-order valence-electron chi connectivity index (χ3n) is 3.46. The van der Waals surface area contributed by atoms with Crippen molar-refractivity contribution in [2.24, 2.45) is 0 Å². The summed E-state index contributed by atoms with van der Waals surface area (Å²) >= 11 is 3.06. The Balaban J connectivity index is 1.73.